The first kappa shape index (κ1) is 13.4. The molecule has 1 heterocycles. The summed E-state index contributed by atoms with van der Waals surface area (Å²) in [6.07, 6.45) is 1.27. The topological polar surface area (TPSA) is 68.1 Å². The lowest BCUT2D eigenvalue weighted by molar-refractivity contribution is -0.137. The van der Waals surface area contributed by atoms with Crippen molar-refractivity contribution in [3.63, 3.8) is 0 Å². The number of carboxylic acid groups (broad SMARTS) is 1. The summed E-state index contributed by atoms with van der Waals surface area (Å²) < 4.78 is 10.7. The highest BCUT2D eigenvalue weighted by Gasteiger charge is 2.19. The van der Waals surface area contributed by atoms with Gasteiger partial charge in [0.1, 0.15) is 12.4 Å². The van der Waals surface area contributed by atoms with Crippen LogP contribution >= 0.6 is 0 Å². The van der Waals surface area contributed by atoms with Gasteiger partial charge in [0.15, 0.2) is 5.90 Å². The highest BCUT2D eigenvalue weighted by molar-refractivity contribution is 5.80. The minimum atomic E-state index is -0.795. The van der Waals surface area contributed by atoms with E-state index in [1.807, 2.05) is 24.3 Å². The highest BCUT2D eigenvalue weighted by atomic mass is 16.5. The van der Waals surface area contributed by atoms with Crippen LogP contribution in [-0.2, 0) is 16.0 Å². The number of aliphatic imine (C=N–C) groups is 1. The summed E-state index contributed by atoms with van der Waals surface area (Å²) >= 11 is 0. The van der Waals surface area contributed by atoms with Crippen molar-refractivity contribution in [3.8, 4) is 5.75 Å². The van der Waals surface area contributed by atoms with Crippen LogP contribution < -0.4 is 4.74 Å². The lowest BCUT2D eigenvalue weighted by Gasteiger charge is -2.04. The Morgan fingerprint density at radius 1 is 1.58 bits per heavy atom. The van der Waals surface area contributed by atoms with E-state index in [1.165, 1.54) is 0 Å². The number of carbonyl (C=O) groups is 1. The fraction of sp³-hybridized carbons (Fsp3) is 0.429. The molecule has 0 fully saturated rings. The number of carboxylic acids is 1. The van der Waals surface area contributed by atoms with Crippen LogP contribution in [-0.4, -0.2) is 36.7 Å². The largest absolute Gasteiger partial charge is 0.497 e. The molecule has 19 heavy (non-hydrogen) atoms. The van der Waals surface area contributed by atoms with Gasteiger partial charge in [-0.3, -0.25) is 4.79 Å². The fourth-order valence-electron chi connectivity index (χ4n) is 1.96. The van der Waals surface area contributed by atoms with E-state index in [-0.39, 0.29) is 12.5 Å². The predicted molar refractivity (Wildman–Crippen MR) is 70.7 cm³/mol. The van der Waals surface area contributed by atoms with Crippen molar-refractivity contribution in [2.24, 2.45) is 4.99 Å². The molecular weight excluding hydrogens is 246 g/mol. The van der Waals surface area contributed by atoms with Crippen LogP contribution in [0, 0.1) is 0 Å². The van der Waals surface area contributed by atoms with E-state index in [9.17, 15) is 4.79 Å². The number of aliphatic carboxylic acids is 1. The van der Waals surface area contributed by atoms with Crippen molar-refractivity contribution in [2.75, 3.05) is 13.7 Å². The third-order valence-electron chi connectivity index (χ3n) is 2.95. The minimum absolute atomic E-state index is 0.0308. The predicted octanol–water partition coefficient (Wildman–Crippen LogP) is 1.90. The molecule has 2 rings (SSSR count). The molecule has 1 atom stereocenters. The summed E-state index contributed by atoms with van der Waals surface area (Å²) in [7, 11) is 1.63. The normalized spacial score (nSPS) is 17.7. The van der Waals surface area contributed by atoms with Gasteiger partial charge >= 0.3 is 5.97 Å². The molecule has 0 radical (unpaired) electrons. The zero-order valence-corrected chi connectivity index (χ0v) is 10.8. The highest BCUT2D eigenvalue weighted by Crippen LogP contribution is 2.17. The van der Waals surface area contributed by atoms with Crippen molar-refractivity contribution in [2.45, 2.75) is 25.3 Å². The van der Waals surface area contributed by atoms with Crippen LogP contribution in [0.25, 0.3) is 0 Å². The Balaban J connectivity index is 1.92. The molecule has 1 aliphatic rings. The van der Waals surface area contributed by atoms with E-state index in [2.05, 4.69) is 4.99 Å². The van der Waals surface area contributed by atoms with Crippen molar-refractivity contribution in [1.29, 1.82) is 0 Å². The molecule has 1 aromatic carbocycles. The Bertz CT molecular complexity index is 484. The van der Waals surface area contributed by atoms with Gasteiger partial charge in [0, 0.05) is 12.8 Å². The molecular formula is C14H17NO4. The summed E-state index contributed by atoms with van der Waals surface area (Å²) in [6, 6.07) is 7.70. The molecule has 1 aliphatic heterocycles. The molecule has 0 amide bonds. The molecule has 1 unspecified atom stereocenters. The molecule has 1 N–H and O–H groups in total. The smallest absolute Gasteiger partial charge is 0.303 e. The van der Waals surface area contributed by atoms with Gasteiger partial charge in [-0.05, 0) is 24.1 Å². The summed E-state index contributed by atoms with van der Waals surface area (Å²) in [5, 5.41) is 8.63. The Morgan fingerprint density at radius 3 is 3.16 bits per heavy atom. The molecule has 0 saturated heterocycles. The average molecular weight is 263 g/mol. The van der Waals surface area contributed by atoms with Crippen LogP contribution in [0.5, 0.6) is 5.75 Å². The first-order valence-corrected chi connectivity index (χ1v) is 6.21. The second-order valence-corrected chi connectivity index (χ2v) is 4.45. The number of rotatable bonds is 6. The number of methoxy groups -OCH3 is 1. The van der Waals surface area contributed by atoms with Gasteiger partial charge in [0.05, 0.1) is 13.2 Å². The van der Waals surface area contributed by atoms with E-state index in [4.69, 9.17) is 14.6 Å². The van der Waals surface area contributed by atoms with E-state index < -0.39 is 5.97 Å². The quantitative estimate of drug-likeness (QED) is 0.851. The third kappa shape index (κ3) is 3.98. The first-order chi connectivity index (χ1) is 9.17. The van der Waals surface area contributed by atoms with Crippen molar-refractivity contribution in [3.05, 3.63) is 29.8 Å². The Hall–Kier alpha value is -2.04. The standard InChI is InChI=1S/C14H17NO4/c1-18-12-4-2-3-10(7-12)8-13-15-11(9-19-13)5-6-14(16)17/h2-4,7,11H,5-6,8-9H2,1H3,(H,16,17). The molecule has 5 heteroatoms. The van der Waals surface area contributed by atoms with E-state index in [0.29, 0.717) is 25.3 Å². The summed E-state index contributed by atoms with van der Waals surface area (Å²) in [5.74, 6) is 0.679. The van der Waals surface area contributed by atoms with Gasteiger partial charge < -0.3 is 14.6 Å². The van der Waals surface area contributed by atoms with Gasteiger partial charge in [-0.15, -0.1) is 0 Å². The van der Waals surface area contributed by atoms with Crippen molar-refractivity contribution in [1.82, 2.24) is 0 Å². The molecule has 0 aliphatic carbocycles. The molecule has 0 saturated carbocycles. The SMILES string of the molecule is COc1cccc(CC2=NC(CCC(=O)O)CO2)c1. The van der Waals surface area contributed by atoms with Gasteiger partial charge in [0.2, 0.25) is 0 Å². The molecule has 0 bridgehead atoms. The number of ether oxygens (including phenoxy) is 2. The Morgan fingerprint density at radius 2 is 2.42 bits per heavy atom. The lowest BCUT2D eigenvalue weighted by atomic mass is 10.1. The molecule has 1 aromatic rings. The van der Waals surface area contributed by atoms with Crippen LogP contribution in [0.2, 0.25) is 0 Å². The van der Waals surface area contributed by atoms with Crippen molar-refractivity contribution >= 4 is 11.9 Å². The Kier molecular flexibility index (Phi) is 4.39. The number of benzene rings is 1. The van der Waals surface area contributed by atoms with Crippen molar-refractivity contribution < 1.29 is 19.4 Å². The number of nitrogens with zero attached hydrogens (tertiary/aromatic N) is 1. The monoisotopic (exact) mass is 263 g/mol. The van der Waals surface area contributed by atoms with E-state index in [0.717, 1.165) is 11.3 Å². The maximum atomic E-state index is 10.5. The van der Waals surface area contributed by atoms with E-state index >= 15 is 0 Å². The van der Waals surface area contributed by atoms with Gasteiger partial charge in [0.25, 0.3) is 0 Å². The molecule has 5 nitrogen and oxygen atoms in total. The molecule has 0 spiro atoms. The molecule has 0 aromatic heterocycles. The first-order valence-electron chi connectivity index (χ1n) is 6.21. The summed E-state index contributed by atoms with van der Waals surface area (Å²) in [6.45, 7) is 0.479. The van der Waals surface area contributed by atoms with E-state index in [1.54, 1.807) is 7.11 Å². The summed E-state index contributed by atoms with van der Waals surface area (Å²) in [4.78, 5) is 14.9. The molecule has 102 valence electrons. The zero-order chi connectivity index (χ0) is 13.7. The Labute approximate surface area is 111 Å². The van der Waals surface area contributed by atoms with Gasteiger partial charge in [-0.2, -0.15) is 0 Å². The lowest BCUT2D eigenvalue weighted by Crippen LogP contribution is -2.09. The minimum Gasteiger partial charge on any atom is -0.497 e. The van der Waals surface area contributed by atoms with Gasteiger partial charge in [-0.1, -0.05) is 12.1 Å². The van der Waals surface area contributed by atoms with Gasteiger partial charge in [-0.25, -0.2) is 4.99 Å². The van der Waals surface area contributed by atoms with Crippen LogP contribution in [0.4, 0.5) is 0 Å². The number of hydrogen-bond acceptors (Lipinski definition) is 4. The van der Waals surface area contributed by atoms with Crippen LogP contribution in [0.1, 0.15) is 18.4 Å². The zero-order valence-electron chi connectivity index (χ0n) is 10.8. The third-order valence-corrected chi connectivity index (χ3v) is 2.95. The van der Waals surface area contributed by atoms with Crippen LogP contribution in [0.15, 0.2) is 29.3 Å². The second kappa shape index (κ2) is 6.22. The average Bonchev–Trinajstić information content (AvgIpc) is 2.84. The number of hydrogen-bond donors (Lipinski definition) is 1. The second-order valence-electron chi connectivity index (χ2n) is 4.45. The maximum absolute atomic E-state index is 10.5. The fourth-order valence-corrected chi connectivity index (χ4v) is 1.96. The maximum Gasteiger partial charge on any atom is 0.303 e. The summed E-state index contributed by atoms with van der Waals surface area (Å²) in [5.41, 5.74) is 1.07. The van der Waals surface area contributed by atoms with Crippen LogP contribution in [0.3, 0.4) is 0 Å².